The molecule has 2 aromatic carbocycles. The van der Waals surface area contributed by atoms with Gasteiger partial charge in [0.05, 0.1) is 21.8 Å². The number of nitrogens with one attached hydrogen (secondary N) is 1. The first-order valence-corrected chi connectivity index (χ1v) is 7.23. The first-order chi connectivity index (χ1) is 9.90. The van der Waals surface area contributed by atoms with E-state index in [0.717, 1.165) is 0 Å². The van der Waals surface area contributed by atoms with Crippen LogP contribution in [0.5, 0.6) is 0 Å². The Kier molecular flexibility index (Phi) is 4.88. The minimum Gasteiger partial charge on any atom is -0.478 e. The maximum absolute atomic E-state index is 12.3. The minimum absolute atomic E-state index is 0.0449. The first-order valence-electron chi connectivity index (χ1n) is 5.68. The second-order valence-electron chi connectivity index (χ2n) is 4.05. The monoisotopic (exact) mass is 387 g/mol. The van der Waals surface area contributed by atoms with Gasteiger partial charge in [-0.15, -0.1) is 0 Å². The van der Waals surface area contributed by atoms with Crippen LogP contribution in [0.1, 0.15) is 20.7 Å². The lowest BCUT2D eigenvalue weighted by Crippen LogP contribution is -2.15. The highest BCUT2D eigenvalue weighted by molar-refractivity contribution is 9.10. The van der Waals surface area contributed by atoms with E-state index in [-0.39, 0.29) is 21.8 Å². The number of para-hydroxylation sites is 1. The smallest absolute Gasteiger partial charge is 0.337 e. The van der Waals surface area contributed by atoms with E-state index in [0.29, 0.717) is 9.50 Å². The maximum Gasteiger partial charge on any atom is 0.337 e. The predicted molar refractivity (Wildman–Crippen MR) is 85.5 cm³/mol. The fraction of sp³-hybridized carbons (Fsp3) is 0. The van der Waals surface area contributed by atoms with Gasteiger partial charge in [-0.25, -0.2) is 4.79 Å². The van der Waals surface area contributed by atoms with E-state index in [4.69, 9.17) is 28.3 Å². The molecule has 0 fully saturated rings. The lowest BCUT2D eigenvalue weighted by atomic mass is 10.1. The quantitative estimate of drug-likeness (QED) is 0.800. The number of carbonyl (C=O) groups is 2. The third-order valence-corrected chi connectivity index (χ3v) is 3.90. The number of hydrogen-bond donors (Lipinski definition) is 2. The SMILES string of the molecule is O=C(Nc1c(Cl)cccc1C(=O)O)c1cc(Cl)ccc1Br. The van der Waals surface area contributed by atoms with E-state index in [1.54, 1.807) is 12.1 Å². The van der Waals surface area contributed by atoms with Crippen LogP contribution in [0.3, 0.4) is 0 Å². The highest BCUT2D eigenvalue weighted by Crippen LogP contribution is 2.28. The van der Waals surface area contributed by atoms with Crippen molar-refractivity contribution in [3.63, 3.8) is 0 Å². The summed E-state index contributed by atoms with van der Waals surface area (Å²) >= 11 is 15.1. The summed E-state index contributed by atoms with van der Waals surface area (Å²) in [6.45, 7) is 0. The van der Waals surface area contributed by atoms with Crippen molar-refractivity contribution >= 4 is 56.7 Å². The minimum atomic E-state index is -1.18. The molecule has 7 heteroatoms. The van der Waals surface area contributed by atoms with E-state index < -0.39 is 11.9 Å². The molecule has 2 aromatic rings. The van der Waals surface area contributed by atoms with Crippen LogP contribution in [-0.2, 0) is 0 Å². The summed E-state index contributed by atoms with van der Waals surface area (Å²) in [7, 11) is 0. The number of anilines is 1. The van der Waals surface area contributed by atoms with Gasteiger partial charge in [-0.2, -0.15) is 0 Å². The average molecular weight is 389 g/mol. The van der Waals surface area contributed by atoms with Gasteiger partial charge in [0.25, 0.3) is 5.91 Å². The van der Waals surface area contributed by atoms with E-state index in [9.17, 15) is 9.59 Å². The molecular formula is C14H8BrCl2NO3. The summed E-state index contributed by atoms with van der Waals surface area (Å²) < 4.78 is 0.535. The molecule has 0 heterocycles. The van der Waals surface area contributed by atoms with Crippen LogP contribution in [0.4, 0.5) is 5.69 Å². The van der Waals surface area contributed by atoms with Crippen LogP contribution in [0.2, 0.25) is 10.0 Å². The standard InChI is InChI=1S/C14H8BrCl2NO3/c15-10-5-4-7(16)6-9(10)13(19)18-12-8(14(20)21)2-1-3-11(12)17/h1-6H,(H,18,19)(H,20,21). The van der Waals surface area contributed by atoms with Gasteiger partial charge in [0.2, 0.25) is 0 Å². The second kappa shape index (κ2) is 6.47. The number of benzene rings is 2. The molecule has 0 atom stereocenters. The number of carboxylic acid groups (broad SMARTS) is 1. The Morgan fingerprint density at radius 1 is 1.10 bits per heavy atom. The van der Waals surface area contributed by atoms with Gasteiger partial charge in [0.15, 0.2) is 0 Å². The molecule has 0 spiro atoms. The zero-order chi connectivity index (χ0) is 15.6. The number of rotatable bonds is 3. The third kappa shape index (κ3) is 3.56. The molecule has 0 aliphatic carbocycles. The van der Waals surface area contributed by atoms with Crippen molar-refractivity contribution in [1.82, 2.24) is 0 Å². The van der Waals surface area contributed by atoms with Crippen LogP contribution >= 0.6 is 39.1 Å². The molecule has 0 saturated heterocycles. The molecule has 108 valence electrons. The van der Waals surface area contributed by atoms with Gasteiger partial charge in [-0.1, -0.05) is 29.3 Å². The van der Waals surface area contributed by atoms with Crippen LogP contribution in [0.15, 0.2) is 40.9 Å². The molecule has 0 unspecified atom stereocenters. The topological polar surface area (TPSA) is 66.4 Å². The van der Waals surface area contributed by atoms with Crippen LogP contribution in [0.25, 0.3) is 0 Å². The molecule has 0 aliphatic heterocycles. The highest BCUT2D eigenvalue weighted by Gasteiger charge is 2.18. The molecule has 0 aromatic heterocycles. The van der Waals surface area contributed by atoms with Crippen molar-refractivity contribution < 1.29 is 14.7 Å². The van der Waals surface area contributed by atoms with Gasteiger partial charge in [-0.05, 0) is 46.3 Å². The Bertz CT molecular complexity index is 734. The maximum atomic E-state index is 12.3. The third-order valence-electron chi connectivity index (χ3n) is 2.66. The fourth-order valence-electron chi connectivity index (χ4n) is 1.68. The molecule has 21 heavy (non-hydrogen) atoms. The summed E-state index contributed by atoms with van der Waals surface area (Å²) in [5.74, 6) is -1.70. The number of carboxylic acids is 1. The Labute approximate surface area is 138 Å². The lowest BCUT2D eigenvalue weighted by Gasteiger charge is -2.11. The van der Waals surface area contributed by atoms with Crippen molar-refractivity contribution in [2.45, 2.75) is 0 Å². The summed E-state index contributed by atoms with van der Waals surface area (Å²) in [6, 6.07) is 9.07. The van der Waals surface area contributed by atoms with E-state index in [2.05, 4.69) is 21.2 Å². The van der Waals surface area contributed by atoms with Crippen LogP contribution in [-0.4, -0.2) is 17.0 Å². The van der Waals surface area contributed by atoms with Crippen molar-refractivity contribution in [2.75, 3.05) is 5.32 Å². The summed E-state index contributed by atoms with van der Waals surface area (Å²) in [6.07, 6.45) is 0. The van der Waals surface area contributed by atoms with E-state index in [1.165, 1.54) is 24.3 Å². The lowest BCUT2D eigenvalue weighted by molar-refractivity contribution is 0.0698. The number of aromatic carboxylic acids is 1. The second-order valence-corrected chi connectivity index (χ2v) is 5.74. The Balaban J connectivity index is 2.41. The number of carbonyl (C=O) groups excluding carboxylic acids is 1. The van der Waals surface area contributed by atoms with Gasteiger partial charge >= 0.3 is 5.97 Å². The molecule has 0 saturated carbocycles. The number of amides is 1. The van der Waals surface area contributed by atoms with Crippen molar-refractivity contribution in [3.8, 4) is 0 Å². The van der Waals surface area contributed by atoms with Crippen molar-refractivity contribution in [3.05, 3.63) is 62.0 Å². The Morgan fingerprint density at radius 2 is 1.81 bits per heavy atom. The van der Waals surface area contributed by atoms with E-state index >= 15 is 0 Å². The molecule has 1 amide bonds. The van der Waals surface area contributed by atoms with Gasteiger partial charge in [0.1, 0.15) is 0 Å². The van der Waals surface area contributed by atoms with Crippen LogP contribution in [0, 0.1) is 0 Å². The Hall–Kier alpha value is -1.56. The van der Waals surface area contributed by atoms with Crippen molar-refractivity contribution in [1.29, 1.82) is 0 Å². The largest absolute Gasteiger partial charge is 0.478 e. The molecule has 2 rings (SSSR count). The normalized spacial score (nSPS) is 10.2. The molecule has 2 N–H and O–H groups in total. The van der Waals surface area contributed by atoms with E-state index in [1.807, 2.05) is 0 Å². The molecular weight excluding hydrogens is 381 g/mol. The highest BCUT2D eigenvalue weighted by atomic mass is 79.9. The Morgan fingerprint density at radius 3 is 2.48 bits per heavy atom. The van der Waals surface area contributed by atoms with Gasteiger partial charge in [0, 0.05) is 9.50 Å². The molecule has 4 nitrogen and oxygen atoms in total. The number of hydrogen-bond acceptors (Lipinski definition) is 2. The summed E-state index contributed by atoms with van der Waals surface area (Å²) in [5, 5.41) is 12.2. The fourth-order valence-corrected chi connectivity index (χ4v) is 2.50. The molecule has 0 bridgehead atoms. The summed E-state index contributed by atoms with van der Waals surface area (Å²) in [4.78, 5) is 23.4. The molecule has 0 aliphatic rings. The molecule has 0 radical (unpaired) electrons. The zero-order valence-electron chi connectivity index (χ0n) is 10.4. The summed E-state index contributed by atoms with van der Waals surface area (Å²) in [5.41, 5.74) is 0.233. The van der Waals surface area contributed by atoms with Gasteiger partial charge < -0.3 is 10.4 Å². The predicted octanol–water partition coefficient (Wildman–Crippen LogP) is 4.71. The van der Waals surface area contributed by atoms with Crippen molar-refractivity contribution in [2.24, 2.45) is 0 Å². The first kappa shape index (κ1) is 15.8. The average Bonchev–Trinajstić information content (AvgIpc) is 2.43. The van der Waals surface area contributed by atoms with Gasteiger partial charge in [-0.3, -0.25) is 4.79 Å². The van der Waals surface area contributed by atoms with Crippen LogP contribution < -0.4 is 5.32 Å². The zero-order valence-corrected chi connectivity index (χ0v) is 13.5. The number of halogens is 3.